The Labute approximate surface area is 110 Å². The molecule has 0 saturated carbocycles. The maximum Gasteiger partial charge on any atom is 0.00278 e. The van der Waals surface area contributed by atoms with E-state index in [0.717, 1.165) is 0 Å². The first-order chi connectivity index (χ1) is 6.33. The standard InChI is InChI=1S/C4H7NS.C4H9N.I2/c1-5-3-2-4-6;1-3-4-5-2;1-2/h2-5H,1H3;3-5H,1-2H3;/b3-2-;4-3-;. The van der Waals surface area contributed by atoms with E-state index in [1.807, 2.05) is 33.3 Å². The molecule has 0 unspecified atom stereocenters. The van der Waals surface area contributed by atoms with Gasteiger partial charge in [0.05, 0.1) is 0 Å². The second-order valence-corrected chi connectivity index (χ2v) is 1.84. The van der Waals surface area contributed by atoms with Crippen molar-refractivity contribution in [1.29, 1.82) is 0 Å². The van der Waals surface area contributed by atoms with Gasteiger partial charge in [-0.15, -0.1) is 0 Å². The molecule has 13 heavy (non-hydrogen) atoms. The molecule has 2 nitrogen and oxygen atoms in total. The number of rotatable bonds is 3. The molecular formula is C8H16I2N2S. The van der Waals surface area contributed by atoms with E-state index in [0.29, 0.717) is 0 Å². The van der Waals surface area contributed by atoms with E-state index < -0.39 is 0 Å². The summed E-state index contributed by atoms with van der Waals surface area (Å²) in [5.74, 6) is 0. The summed E-state index contributed by atoms with van der Waals surface area (Å²) in [7, 11) is 3.70. The van der Waals surface area contributed by atoms with Gasteiger partial charge in [-0.1, -0.05) is 18.3 Å². The average molecular weight is 426 g/mol. The van der Waals surface area contributed by atoms with Gasteiger partial charge < -0.3 is 10.6 Å². The van der Waals surface area contributed by atoms with Crippen LogP contribution in [0.15, 0.2) is 24.6 Å². The van der Waals surface area contributed by atoms with E-state index in [1.165, 1.54) is 0 Å². The van der Waals surface area contributed by atoms with E-state index in [1.54, 1.807) is 17.6 Å². The molecule has 0 aromatic rings. The average Bonchev–Trinajstić information content (AvgIpc) is 2.20. The van der Waals surface area contributed by atoms with Gasteiger partial charge in [-0.2, -0.15) is 0 Å². The van der Waals surface area contributed by atoms with Gasteiger partial charge in [0.25, 0.3) is 0 Å². The van der Waals surface area contributed by atoms with Crippen LogP contribution in [0.2, 0.25) is 0 Å². The molecule has 2 N–H and O–H groups in total. The minimum atomic E-state index is 1.55. The van der Waals surface area contributed by atoms with Crippen molar-refractivity contribution in [1.82, 2.24) is 10.6 Å². The number of halogens is 2. The summed E-state index contributed by atoms with van der Waals surface area (Å²) in [4.78, 5) is 0. The number of hydrogen-bond donors (Lipinski definition) is 2. The highest BCUT2D eigenvalue weighted by molar-refractivity contribution is 15.0. The second kappa shape index (κ2) is 29.3. The largest absolute Gasteiger partial charge is 0.394 e. The van der Waals surface area contributed by atoms with Gasteiger partial charge in [0.15, 0.2) is 0 Å². The molecule has 78 valence electrons. The predicted molar refractivity (Wildman–Crippen MR) is 83.8 cm³/mol. The number of allylic oxidation sites excluding steroid dienone is 2. The van der Waals surface area contributed by atoms with Crippen LogP contribution in [0.3, 0.4) is 0 Å². The third-order valence-electron chi connectivity index (χ3n) is 0.675. The Kier molecular flexibility index (Phi) is 43.4. The Bertz CT molecular complexity index is 127. The molecule has 0 radical (unpaired) electrons. The van der Waals surface area contributed by atoms with Crippen molar-refractivity contribution in [2.75, 3.05) is 14.1 Å². The maximum atomic E-state index is 4.47. The van der Waals surface area contributed by atoms with E-state index in [4.69, 9.17) is 0 Å². The Morgan fingerprint density at radius 2 is 1.54 bits per heavy atom. The molecule has 5 heteroatoms. The lowest BCUT2D eigenvalue weighted by Crippen LogP contribution is -1.90. The van der Waals surface area contributed by atoms with E-state index in [9.17, 15) is 0 Å². The SMILES string of the molecule is C/C=C\NC.CN/C=C\C=S.II. The first-order valence-corrected chi connectivity index (χ1v) is 10.3. The van der Waals surface area contributed by atoms with Crippen molar-refractivity contribution in [3.63, 3.8) is 0 Å². The summed E-state index contributed by atoms with van der Waals surface area (Å²) in [6, 6.07) is 0. The molecule has 0 saturated heterocycles. The Balaban J connectivity index is -0.000000131. The van der Waals surface area contributed by atoms with E-state index in [2.05, 4.69) is 60.1 Å². The zero-order valence-corrected chi connectivity index (χ0v) is 13.2. The van der Waals surface area contributed by atoms with Crippen LogP contribution in [0.4, 0.5) is 0 Å². The summed E-state index contributed by atoms with van der Waals surface area (Å²) in [5.41, 5.74) is 0. The van der Waals surface area contributed by atoms with Gasteiger partial charge >= 0.3 is 0 Å². The lowest BCUT2D eigenvalue weighted by Gasteiger charge is -1.75. The van der Waals surface area contributed by atoms with Crippen molar-refractivity contribution >= 4 is 54.8 Å². The van der Waals surface area contributed by atoms with Crippen LogP contribution in [-0.4, -0.2) is 19.5 Å². The predicted octanol–water partition coefficient (Wildman–Crippen LogP) is 3.23. The van der Waals surface area contributed by atoms with Gasteiger partial charge in [0.2, 0.25) is 0 Å². The summed E-state index contributed by atoms with van der Waals surface area (Å²) in [6.07, 6.45) is 7.35. The summed E-state index contributed by atoms with van der Waals surface area (Å²) < 4.78 is 0. The minimum Gasteiger partial charge on any atom is -0.394 e. The van der Waals surface area contributed by atoms with Gasteiger partial charge in [0.1, 0.15) is 0 Å². The van der Waals surface area contributed by atoms with E-state index in [-0.39, 0.29) is 0 Å². The smallest absolute Gasteiger partial charge is 0.00278 e. The lowest BCUT2D eigenvalue weighted by atomic mass is 10.7. The monoisotopic (exact) mass is 426 g/mol. The van der Waals surface area contributed by atoms with E-state index >= 15 is 0 Å². The molecular weight excluding hydrogens is 410 g/mol. The highest BCUT2D eigenvalue weighted by Crippen LogP contribution is 1.89. The molecule has 0 rings (SSSR count). The molecule has 0 aliphatic carbocycles. The molecule has 0 aromatic heterocycles. The number of thiocarbonyl (C=S) groups is 1. The van der Waals surface area contributed by atoms with Crippen molar-refractivity contribution in [3.8, 4) is 0 Å². The normalized spacial score (nSPS) is 8.08. The zero-order chi connectivity index (χ0) is 10.9. The summed E-state index contributed by atoms with van der Waals surface area (Å²) >= 11 is 8.71. The Morgan fingerprint density at radius 1 is 1.08 bits per heavy atom. The first-order valence-electron chi connectivity index (χ1n) is 3.53. The van der Waals surface area contributed by atoms with Crippen LogP contribution >= 0.6 is 49.4 Å². The second-order valence-electron chi connectivity index (χ2n) is 1.57. The molecule has 0 bridgehead atoms. The fraction of sp³-hybridized carbons (Fsp3) is 0.375. The molecule has 0 spiro atoms. The number of nitrogens with one attached hydrogen (secondary N) is 2. The highest BCUT2D eigenvalue weighted by Gasteiger charge is 1.51. The minimum absolute atomic E-state index is 1.55. The van der Waals surface area contributed by atoms with Crippen LogP contribution in [-0.2, 0) is 0 Å². The first kappa shape index (κ1) is 19.2. The van der Waals surface area contributed by atoms with Crippen molar-refractivity contribution < 1.29 is 0 Å². The number of hydrogen-bond acceptors (Lipinski definition) is 3. The van der Waals surface area contributed by atoms with Gasteiger partial charge in [-0.25, -0.2) is 0 Å². The van der Waals surface area contributed by atoms with Crippen LogP contribution in [0.5, 0.6) is 0 Å². The molecule has 0 heterocycles. The topological polar surface area (TPSA) is 24.1 Å². The van der Waals surface area contributed by atoms with Crippen molar-refractivity contribution in [3.05, 3.63) is 24.6 Å². The molecule has 0 aliphatic rings. The van der Waals surface area contributed by atoms with Crippen LogP contribution in [0.25, 0.3) is 0 Å². The summed E-state index contributed by atoms with van der Waals surface area (Å²) in [5, 5.41) is 7.18. The fourth-order valence-electron chi connectivity index (χ4n) is 0.302. The van der Waals surface area contributed by atoms with Crippen LogP contribution in [0.1, 0.15) is 6.92 Å². The highest BCUT2D eigenvalue weighted by atomic mass is 128. The quantitative estimate of drug-likeness (QED) is 0.412. The van der Waals surface area contributed by atoms with Crippen molar-refractivity contribution in [2.45, 2.75) is 6.92 Å². The third kappa shape index (κ3) is 45.0. The molecule has 0 amide bonds. The molecule has 0 aromatic carbocycles. The summed E-state index contributed by atoms with van der Waals surface area (Å²) in [6.45, 7) is 1.97. The molecule has 0 aliphatic heterocycles. The van der Waals surface area contributed by atoms with Gasteiger partial charge in [-0.3, -0.25) is 0 Å². The van der Waals surface area contributed by atoms with Crippen LogP contribution in [0, 0.1) is 0 Å². The fourth-order valence-corrected chi connectivity index (χ4v) is 0.381. The molecule has 0 fully saturated rings. The maximum absolute atomic E-state index is 4.47. The van der Waals surface area contributed by atoms with Crippen molar-refractivity contribution in [2.24, 2.45) is 0 Å². The van der Waals surface area contributed by atoms with Gasteiger partial charge in [0, 0.05) is 56.7 Å². The Morgan fingerprint density at radius 3 is 1.62 bits per heavy atom. The lowest BCUT2D eigenvalue weighted by molar-refractivity contribution is 1.10. The zero-order valence-electron chi connectivity index (χ0n) is 8.05. The van der Waals surface area contributed by atoms with Crippen LogP contribution < -0.4 is 10.6 Å². The third-order valence-corrected chi connectivity index (χ3v) is 0.832. The Hall–Kier alpha value is 0.630. The van der Waals surface area contributed by atoms with Gasteiger partial charge in [-0.05, 0) is 25.4 Å². The molecule has 0 atom stereocenters.